The minimum atomic E-state index is -0.385. The van der Waals surface area contributed by atoms with Gasteiger partial charge in [0.25, 0.3) is 0 Å². The van der Waals surface area contributed by atoms with Crippen LogP contribution >= 0.6 is 0 Å². The highest BCUT2D eigenvalue weighted by molar-refractivity contribution is 6.05. The molecule has 0 aromatic heterocycles. The van der Waals surface area contributed by atoms with Crippen LogP contribution in [0.4, 0.5) is 0 Å². The number of fused-ring (bicyclic) bond motifs is 1. The fourth-order valence-corrected chi connectivity index (χ4v) is 2.11. The van der Waals surface area contributed by atoms with Crippen LogP contribution in [0.15, 0.2) is 23.4 Å². The van der Waals surface area contributed by atoms with Crippen molar-refractivity contribution in [1.29, 1.82) is 0 Å². The van der Waals surface area contributed by atoms with Crippen LogP contribution in [-0.2, 0) is 9.57 Å². The van der Waals surface area contributed by atoms with E-state index in [1.165, 1.54) is 14.2 Å². The summed E-state index contributed by atoms with van der Waals surface area (Å²) in [5.41, 5.74) is 1.65. The number of benzene rings is 1. The van der Waals surface area contributed by atoms with Crippen molar-refractivity contribution in [1.82, 2.24) is 0 Å². The first-order valence-electron chi connectivity index (χ1n) is 5.98. The molecule has 0 N–H and O–H groups in total. The Kier molecular flexibility index (Phi) is 3.46. The third-order valence-electron chi connectivity index (χ3n) is 2.89. The second kappa shape index (κ2) is 4.91. The molecule has 0 fully saturated rings. The van der Waals surface area contributed by atoms with E-state index >= 15 is 0 Å². The van der Waals surface area contributed by atoms with Gasteiger partial charge in [-0.15, -0.1) is 0 Å². The van der Waals surface area contributed by atoms with Crippen molar-refractivity contribution in [3.8, 4) is 5.75 Å². The Morgan fingerprint density at radius 2 is 2.11 bits per heavy atom. The van der Waals surface area contributed by atoms with Crippen molar-refractivity contribution >= 4 is 11.7 Å². The topological polar surface area (TPSA) is 57.1 Å². The number of nitrogens with zero attached hydrogens (tertiary/aromatic N) is 1. The lowest BCUT2D eigenvalue weighted by atomic mass is 9.91. The summed E-state index contributed by atoms with van der Waals surface area (Å²) in [4.78, 5) is 16.4. The third kappa shape index (κ3) is 2.70. The Balaban J connectivity index is 2.50. The Bertz CT molecular complexity index is 534. The molecular weight excluding hydrogens is 246 g/mol. The van der Waals surface area contributed by atoms with Gasteiger partial charge >= 0.3 is 5.97 Å². The number of oxime groups is 1. The highest BCUT2D eigenvalue weighted by atomic mass is 16.6. The summed E-state index contributed by atoms with van der Waals surface area (Å²) in [5, 5.41) is 4.03. The van der Waals surface area contributed by atoms with Crippen LogP contribution in [0.1, 0.15) is 36.2 Å². The Hall–Kier alpha value is -2.04. The number of esters is 1. The predicted molar refractivity (Wildman–Crippen MR) is 70.7 cm³/mol. The molecule has 0 aliphatic carbocycles. The van der Waals surface area contributed by atoms with Crippen LogP contribution in [0, 0.1) is 0 Å². The minimum absolute atomic E-state index is 0.350. The molecule has 0 amide bonds. The first kappa shape index (κ1) is 13.4. The van der Waals surface area contributed by atoms with Crippen molar-refractivity contribution in [2.45, 2.75) is 25.9 Å². The smallest absolute Gasteiger partial charge is 0.337 e. The molecule has 102 valence electrons. The van der Waals surface area contributed by atoms with E-state index in [-0.39, 0.29) is 11.6 Å². The van der Waals surface area contributed by atoms with Crippen molar-refractivity contribution in [3.05, 3.63) is 29.3 Å². The van der Waals surface area contributed by atoms with Gasteiger partial charge < -0.3 is 14.3 Å². The lowest BCUT2D eigenvalue weighted by Crippen LogP contribution is -2.36. The molecule has 19 heavy (non-hydrogen) atoms. The first-order chi connectivity index (χ1) is 8.96. The number of rotatable bonds is 2. The number of methoxy groups -OCH3 is 1. The molecule has 1 heterocycles. The van der Waals surface area contributed by atoms with E-state index in [4.69, 9.17) is 14.3 Å². The van der Waals surface area contributed by atoms with E-state index in [1.54, 1.807) is 18.2 Å². The minimum Gasteiger partial charge on any atom is -0.487 e. The zero-order valence-corrected chi connectivity index (χ0v) is 11.5. The Morgan fingerprint density at radius 1 is 1.37 bits per heavy atom. The van der Waals surface area contributed by atoms with E-state index in [0.29, 0.717) is 17.7 Å². The molecule has 0 bridgehead atoms. The normalized spacial score (nSPS) is 18.4. The monoisotopic (exact) mass is 263 g/mol. The summed E-state index contributed by atoms with van der Waals surface area (Å²) >= 11 is 0. The quantitative estimate of drug-likeness (QED) is 0.607. The maximum Gasteiger partial charge on any atom is 0.337 e. The lowest BCUT2D eigenvalue weighted by molar-refractivity contribution is 0.0600. The number of ether oxygens (including phenoxy) is 2. The standard InChI is InChI=1S/C14H17NO4/c1-14(2)8-11(15-18-4)10-7-9(13(16)17-3)5-6-12(10)19-14/h5-7H,8H2,1-4H3. The molecule has 0 radical (unpaired) electrons. The van der Waals surface area contributed by atoms with Gasteiger partial charge in [-0.1, -0.05) is 5.16 Å². The maximum absolute atomic E-state index is 11.6. The number of carbonyl (C=O) groups excluding carboxylic acids is 1. The van der Waals surface area contributed by atoms with E-state index in [0.717, 1.165) is 11.3 Å². The zero-order chi connectivity index (χ0) is 14.0. The van der Waals surface area contributed by atoms with Gasteiger partial charge in [-0.2, -0.15) is 0 Å². The van der Waals surface area contributed by atoms with Crippen molar-refractivity contribution in [2.75, 3.05) is 14.2 Å². The van der Waals surface area contributed by atoms with Crippen LogP contribution in [-0.4, -0.2) is 31.5 Å². The van der Waals surface area contributed by atoms with E-state index in [9.17, 15) is 4.79 Å². The Labute approximate surface area is 112 Å². The predicted octanol–water partition coefficient (Wildman–Crippen LogP) is 2.38. The van der Waals surface area contributed by atoms with Gasteiger partial charge in [0.15, 0.2) is 0 Å². The number of carbonyl (C=O) groups is 1. The maximum atomic E-state index is 11.6. The summed E-state index contributed by atoms with van der Waals surface area (Å²) in [6, 6.07) is 5.15. The molecule has 2 rings (SSSR count). The molecule has 5 heteroatoms. The molecule has 1 aromatic carbocycles. The molecule has 0 atom stereocenters. The van der Waals surface area contributed by atoms with Gasteiger partial charge in [0, 0.05) is 12.0 Å². The molecule has 1 aliphatic heterocycles. The average Bonchev–Trinajstić information content (AvgIpc) is 2.36. The van der Waals surface area contributed by atoms with E-state index in [2.05, 4.69) is 5.16 Å². The molecule has 1 aromatic rings. The van der Waals surface area contributed by atoms with Gasteiger partial charge in [0.2, 0.25) is 0 Å². The lowest BCUT2D eigenvalue weighted by Gasteiger charge is -2.33. The summed E-state index contributed by atoms with van der Waals surface area (Å²) in [6.07, 6.45) is 0.610. The summed E-state index contributed by atoms with van der Waals surface area (Å²) in [7, 11) is 2.85. The van der Waals surface area contributed by atoms with Gasteiger partial charge in [-0.3, -0.25) is 0 Å². The largest absolute Gasteiger partial charge is 0.487 e. The van der Waals surface area contributed by atoms with Crippen molar-refractivity contribution < 1.29 is 19.1 Å². The van der Waals surface area contributed by atoms with Gasteiger partial charge in [-0.25, -0.2) is 4.79 Å². The van der Waals surface area contributed by atoms with Crippen LogP contribution in [0.5, 0.6) is 5.75 Å². The van der Waals surface area contributed by atoms with Crippen molar-refractivity contribution in [2.24, 2.45) is 5.16 Å². The van der Waals surface area contributed by atoms with Crippen LogP contribution in [0.3, 0.4) is 0 Å². The fourth-order valence-electron chi connectivity index (χ4n) is 2.11. The molecule has 0 spiro atoms. The Morgan fingerprint density at radius 3 is 2.74 bits per heavy atom. The fraction of sp³-hybridized carbons (Fsp3) is 0.429. The highest BCUT2D eigenvalue weighted by Crippen LogP contribution is 2.34. The third-order valence-corrected chi connectivity index (χ3v) is 2.89. The highest BCUT2D eigenvalue weighted by Gasteiger charge is 2.32. The molecule has 0 saturated carbocycles. The van der Waals surface area contributed by atoms with Crippen LogP contribution in [0.2, 0.25) is 0 Å². The first-order valence-corrected chi connectivity index (χ1v) is 5.98. The summed E-state index contributed by atoms with van der Waals surface area (Å²) in [5.74, 6) is 0.309. The van der Waals surface area contributed by atoms with Gasteiger partial charge in [0.1, 0.15) is 18.5 Å². The van der Waals surface area contributed by atoms with E-state index < -0.39 is 0 Å². The second-order valence-corrected chi connectivity index (χ2v) is 4.96. The molecule has 0 saturated heterocycles. The van der Waals surface area contributed by atoms with Crippen molar-refractivity contribution in [3.63, 3.8) is 0 Å². The number of hydrogen-bond acceptors (Lipinski definition) is 5. The van der Waals surface area contributed by atoms with Gasteiger partial charge in [-0.05, 0) is 32.0 Å². The number of hydrogen-bond donors (Lipinski definition) is 0. The molecule has 0 unspecified atom stereocenters. The summed E-state index contributed by atoms with van der Waals surface area (Å²) < 4.78 is 10.6. The van der Waals surface area contributed by atoms with Gasteiger partial charge in [0.05, 0.1) is 18.4 Å². The zero-order valence-electron chi connectivity index (χ0n) is 11.5. The second-order valence-electron chi connectivity index (χ2n) is 4.96. The van der Waals surface area contributed by atoms with E-state index in [1.807, 2.05) is 13.8 Å². The average molecular weight is 263 g/mol. The van der Waals surface area contributed by atoms with Crippen LogP contribution in [0.25, 0.3) is 0 Å². The molecule has 5 nitrogen and oxygen atoms in total. The van der Waals surface area contributed by atoms with Crippen LogP contribution < -0.4 is 4.74 Å². The SMILES string of the molecule is CON=C1CC(C)(C)Oc2ccc(C(=O)OC)cc21. The molecular formula is C14H17NO4. The summed E-state index contributed by atoms with van der Waals surface area (Å²) in [6.45, 7) is 3.96. The molecule has 1 aliphatic rings.